The van der Waals surface area contributed by atoms with Crippen LogP contribution in [0.1, 0.15) is 22.9 Å². The minimum Gasteiger partial charge on any atom is -0.454 e. The van der Waals surface area contributed by atoms with Crippen molar-refractivity contribution in [2.45, 2.75) is 13.0 Å². The van der Waals surface area contributed by atoms with E-state index in [1.54, 1.807) is 24.4 Å². The van der Waals surface area contributed by atoms with Gasteiger partial charge in [-0.05, 0) is 67.1 Å². The third-order valence-electron chi connectivity index (χ3n) is 6.59. The number of benzene rings is 3. The third-order valence-corrected chi connectivity index (χ3v) is 6.59. The Kier molecular flexibility index (Phi) is 6.05. The predicted molar refractivity (Wildman–Crippen MR) is 145 cm³/mol. The number of ether oxygens (including phenoxy) is 1. The van der Waals surface area contributed by atoms with Gasteiger partial charge in [-0.2, -0.15) is 9.49 Å². The quantitative estimate of drug-likeness (QED) is 0.233. The van der Waals surface area contributed by atoms with Gasteiger partial charge in [0.2, 0.25) is 5.82 Å². The zero-order chi connectivity index (χ0) is 27.1. The molecule has 0 spiro atoms. The van der Waals surface area contributed by atoms with E-state index in [9.17, 15) is 13.9 Å². The number of nitrogens with one attached hydrogen (secondary N) is 1. The molecule has 1 unspecified atom stereocenters. The zero-order valence-electron chi connectivity index (χ0n) is 20.8. The fraction of sp³-hybridized carbons (Fsp3) is 0.0667. The maximum Gasteiger partial charge on any atom is 0.201 e. The molecule has 3 aromatic heterocycles. The summed E-state index contributed by atoms with van der Waals surface area (Å²) in [5, 5.41) is 16.6. The predicted octanol–water partition coefficient (Wildman–Crippen LogP) is 6.46. The summed E-state index contributed by atoms with van der Waals surface area (Å²) in [7, 11) is 0. The lowest BCUT2D eigenvalue weighted by Crippen LogP contribution is -2.07. The van der Waals surface area contributed by atoms with Crippen LogP contribution in [0.2, 0.25) is 0 Å². The van der Waals surface area contributed by atoms with Crippen LogP contribution in [0.15, 0.2) is 91.3 Å². The van der Waals surface area contributed by atoms with E-state index in [2.05, 4.69) is 15.1 Å². The van der Waals surface area contributed by atoms with E-state index in [0.717, 1.165) is 33.8 Å². The van der Waals surface area contributed by atoms with Gasteiger partial charge in [0, 0.05) is 33.9 Å². The summed E-state index contributed by atoms with van der Waals surface area (Å²) in [4.78, 5) is 7.74. The Labute approximate surface area is 222 Å². The molecule has 7 nitrogen and oxygen atoms in total. The number of fused-ring (bicyclic) bond motifs is 1. The number of hydrogen-bond donors (Lipinski definition) is 3. The van der Waals surface area contributed by atoms with Gasteiger partial charge in [0.1, 0.15) is 17.7 Å². The van der Waals surface area contributed by atoms with Crippen LogP contribution < -0.4 is 10.5 Å². The Hall–Kier alpha value is -5.02. The van der Waals surface area contributed by atoms with Crippen LogP contribution in [-0.4, -0.2) is 24.9 Å². The van der Waals surface area contributed by atoms with Crippen molar-refractivity contribution < 1.29 is 18.6 Å². The summed E-state index contributed by atoms with van der Waals surface area (Å²) in [6.45, 7) is 1.82. The number of aliphatic hydroxyl groups excluding tert-OH is 1. The largest absolute Gasteiger partial charge is 0.454 e. The summed E-state index contributed by atoms with van der Waals surface area (Å²) in [6, 6.07) is 22.2. The number of hydrogen-bond acceptors (Lipinski definition) is 5. The highest BCUT2D eigenvalue weighted by molar-refractivity contribution is 5.94. The Morgan fingerprint density at radius 3 is 2.64 bits per heavy atom. The van der Waals surface area contributed by atoms with Gasteiger partial charge < -0.3 is 20.6 Å². The molecule has 6 rings (SSSR count). The second-order valence-corrected chi connectivity index (χ2v) is 9.11. The molecule has 194 valence electrons. The first kappa shape index (κ1) is 24.3. The van der Waals surface area contributed by atoms with E-state index in [4.69, 9.17) is 10.5 Å². The first-order valence-electron chi connectivity index (χ1n) is 12.2. The topological polar surface area (TPSA) is 102 Å². The molecule has 9 heteroatoms. The van der Waals surface area contributed by atoms with Crippen LogP contribution in [0.4, 0.5) is 14.6 Å². The second-order valence-electron chi connectivity index (χ2n) is 9.11. The van der Waals surface area contributed by atoms with Gasteiger partial charge in [-0.3, -0.25) is 4.98 Å². The highest BCUT2D eigenvalue weighted by Crippen LogP contribution is 2.34. The normalized spacial score (nSPS) is 12.1. The lowest BCUT2D eigenvalue weighted by molar-refractivity contribution is 0.217. The molecule has 3 aromatic carbocycles. The Morgan fingerprint density at radius 1 is 1.00 bits per heavy atom. The Bertz CT molecular complexity index is 1810. The SMILES string of the molecule is Cc1cc(Oc2cccc(F)c2F)ccc1-n1ncc(C(O)c2cc3c(-c4ccccn4)cccc3[nH]2)c1N. The molecule has 0 aliphatic heterocycles. The number of anilines is 1. The molecule has 4 N–H and O–H groups in total. The van der Waals surface area contributed by atoms with Crippen LogP contribution in [0, 0.1) is 18.6 Å². The number of nitrogens with zero attached hydrogens (tertiary/aromatic N) is 3. The monoisotopic (exact) mass is 523 g/mol. The summed E-state index contributed by atoms with van der Waals surface area (Å²) in [5.41, 5.74) is 11.5. The summed E-state index contributed by atoms with van der Waals surface area (Å²) in [6.07, 6.45) is 2.21. The molecule has 39 heavy (non-hydrogen) atoms. The maximum absolute atomic E-state index is 14.0. The Balaban J connectivity index is 1.30. The average Bonchev–Trinajstić information content (AvgIpc) is 3.55. The molecule has 3 heterocycles. The van der Waals surface area contributed by atoms with Gasteiger partial charge in [-0.1, -0.05) is 24.3 Å². The Morgan fingerprint density at radius 2 is 1.85 bits per heavy atom. The molecular weight excluding hydrogens is 500 g/mol. The van der Waals surface area contributed by atoms with Crippen molar-refractivity contribution in [1.29, 1.82) is 0 Å². The lowest BCUT2D eigenvalue weighted by atomic mass is 10.1. The molecule has 0 radical (unpaired) electrons. The van der Waals surface area contributed by atoms with Crippen molar-refractivity contribution in [3.63, 3.8) is 0 Å². The van der Waals surface area contributed by atoms with Crippen molar-refractivity contribution in [3.05, 3.63) is 120 Å². The number of nitrogen functional groups attached to an aromatic ring is 1. The number of aryl methyl sites for hydroxylation is 1. The van der Waals surface area contributed by atoms with E-state index in [-0.39, 0.29) is 11.6 Å². The average molecular weight is 524 g/mol. The minimum atomic E-state index is -1.06. The summed E-state index contributed by atoms with van der Waals surface area (Å²) >= 11 is 0. The van der Waals surface area contributed by atoms with E-state index in [1.165, 1.54) is 23.0 Å². The molecule has 0 saturated carbocycles. The fourth-order valence-electron chi connectivity index (χ4n) is 4.63. The molecular formula is C30H23F2N5O2. The van der Waals surface area contributed by atoms with E-state index in [0.29, 0.717) is 22.7 Å². The van der Waals surface area contributed by atoms with Crippen LogP contribution >= 0.6 is 0 Å². The van der Waals surface area contributed by atoms with E-state index >= 15 is 0 Å². The zero-order valence-corrected chi connectivity index (χ0v) is 20.8. The van der Waals surface area contributed by atoms with Crippen molar-refractivity contribution in [2.75, 3.05) is 5.73 Å². The molecule has 0 aliphatic rings. The first-order valence-corrected chi connectivity index (χ1v) is 12.2. The first-order chi connectivity index (χ1) is 18.9. The van der Waals surface area contributed by atoms with E-state index in [1.807, 2.05) is 49.4 Å². The van der Waals surface area contributed by atoms with E-state index < -0.39 is 17.7 Å². The second kappa shape index (κ2) is 9.70. The summed E-state index contributed by atoms with van der Waals surface area (Å²) < 4.78 is 34.6. The van der Waals surface area contributed by atoms with Crippen molar-refractivity contribution in [2.24, 2.45) is 0 Å². The smallest absolute Gasteiger partial charge is 0.201 e. The van der Waals surface area contributed by atoms with Gasteiger partial charge in [0.25, 0.3) is 0 Å². The number of H-pyrrole nitrogens is 1. The van der Waals surface area contributed by atoms with Crippen LogP contribution in [0.3, 0.4) is 0 Å². The van der Waals surface area contributed by atoms with Crippen molar-refractivity contribution >= 4 is 16.7 Å². The van der Waals surface area contributed by atoms with Crippen molar-refractivity contribution in [1.82, 2.24) is 19.7 Å². The van der Waals surface area contributed by atoms with Crippen LogP contribution in [0.5, 0.6) is 11.5 Å². The standard InChI is InChI=1S/C30H23F2N5O2/c1-17-14-18(39-27-10-5-7-22(31)28(27)32)11-12-26(17)37-30(33)21(16-35-37)29(38)25-15-20-19(6-4-9-24(20)36-25)23-8-2-3-13-34-23/h2-16,29,36,38H,33H2,1H3. The van der Waals surface area contributed by atoms with Gasteiger partial charge >= 0.3 is 0 Å². The minimum absolute atomic E-state index is 0.212. The molecule has 0 aliphatic carbocycles. The van der Waals surface area contributed by atoms with Gasteiger partial charge in [-0.25, -0.2) is 9.07 Å². The van der Waals surface area contributed by atoms with Crippen LogP contribution in [0.25, 0.3) is 27.8 Å². The highest BCUT2D eigenvalue weighted by atomic mass is 19.2. The van der Waals surface area contributed by atoms with Gasteiger partial charge in [0.05, 0.1) is 17.6 Å². The maximum atomic E-state index is 14.0. The van der Waals surface area contributed by atoms with Crippen LogP contribution in [-0.2, 0) is 0 Å². The molecule has 1 atom stereocenters. The number of aliphatic hydroxyl groups is 1. The fourth-order valence-corrected chi connectivity index (χ4v) is 4.63. The number of aromatic amines is 1. The third kappa shape index (κ3) is 4.38. The highest BCUT2D eigenvalue weighted by Gasteiger charge is 2.22. The summed E-state index contributed by atoms with van der Waals surface area (Å²) in [5.74, 6) is -1.67. The number of aromatic nitrogens is 4. The molecule has 6 aromatic rings. The van der Waals surface area contributed by atoms with Crippen molar-refractivity contribution in [3.8, 4) is 28.4 Å². The lowest BCUT2D eigenvalue weighted by Gasteiger charge is -2.13. The number of pyridine rings is 1. The molecule has 0 amide bonds. The number of nitrogens with two attached hydrogens (primary N) is 1. The van der Waals surface area contributed by atoms with Gasteiger partial charge in [-0.15, -0.1) is 0 Å². The van der Waals surface area contributed by atoms with Gasteiger partial charge in [0.15, 0.2) is 11.6 Å². The number of rotatable bonds is 6. The molecule has 0 saturated heterocycles. The molecule has 0 fully saturated rings. The molecule has 0 bridgehead atoms. The number of halogens is 2.